The van der Waals surface area contributed by atoms with E-state index in [1.165, 1.54) is 19.2 Å². The van der Waals surface area contributed by atoms with Gasteiger partial charge in [-0.25, -0.2) is 18.4 Å². The number of carboxylic acid groups (broad SMARTS) is 2. The van der Waals surface area contributed by atoms with Crippen LogP contribution in [0.3, 0.4) is 0 Å². The molecule has 0 saturated heterocycles. The lowest BCUT2D eigenvalue weighted by molar-refractivity contribution is -0.151. The SMILES string of the molecule is COC(=O)c1ccc(CON[C@@H](CCC(=O)O)C(=O)N[C@@H](CC(C)C)C(=O)N[C@@H](CC(F)F)C(=O)C(=O)O)cc1. The number of halogens is 2. The Morgan fingerprint density at radius 2 is 1.45 bits per heavy atom. The summed E-state index contributed by atoms with van der Waals surface area (Å²) in [5, 5.41) is 22.3. The molecule has 3 atom stereocenters. The van der Waals surface area contributed by atoms with Crippen LogP contribution >= 0.6 is 0 Å². The van der Waals surface area contributed by atoms with Gasteiger partial charge in [-0.3, -0.25) is 24.0 Å². The molecule has 1 aromatic carbocycles. The second kappa shape index (κ2) is 16.9. The van der Waals surface area contributed by atoms with Gasteiger partial charge in [0.2, 0.25) is 18.2 Å². The Morgan fingerprint density at radius 1 is 0.875 bits per heavy atom. The van der Waals surface area contributed by atoms with Crippen LogP contribution in [0.15, 0.2) is 24.3 Å². The molecule has 0 bridgehead atoms. The third-order valence-corrected chi connectivity index (χ3v) is 5.40. The summed E-state index contributed by atoms with van der Waals surface area (Å²) in [6, 6.07) is 1.45. The number of methoxy groups -OCH3 is 1. The van der Waals surface area contributed by atoms with Crippen molar-refractivity contribution >= 4 is 35.5 Å². The fourth-order valence-electron chi connectivity index (χ4n) is 3.40. The van der Waals surface area contributed by atoms with Gasteiger partial charge in [-0.2, -0.15) is 5.48 Å². The lowest BCUT2D eigenvalue weighted by Crippen LogP contribution is -2.56. The van der Waals surface area contributed by atoms with Gasteiger partial charge in [0.25, 0.3) is 5.78 Å². The zero-order chi connectivity index (χ0) is 30.4. The van der Waals surface area contributed by atoms with Crippen molar-refractivity contribution in [2.24, 2.45) is 5.92 Å². The maximum atomic E-state index is 13.0. The molecule has 1 aromatic rings. The number of benzene rings is 1. The van der Waals surface area contributed by atoms with Gasteiger partial charge in [0.1, 0.15) is 18.1 Å². The van der Waals surface area contributed by atoms with Gasteiger partial charge in [0.05, 0.1) is 19.3 Å². The molecule has 0 radical (unpaired) electrons. The number of nitrogens with one attached hydrogen (secondary N) is 3. The van der Waals surface area contributed by atoms with Crippen LogP contribution in [0, 0.1) is 5.92 Å². The molecule has 0 aliphatic rings. The molecule has 13 nitrogen and oxygen atoms in total. The number of rotatable bonds is 18. The van der Waals surface area contributed by atoms with Crippen LogP contribution < -0.4 is 16.1 Å². The Morgan fingerprint density at radius 3 is 1.95 bits per heavy atom. The van der Waals surface area contributed by atoms with Crippen LogP contribution in [0.1, 0.15) is 55.5 Å². The summed E-state index contributed by atoms with van der Waals surface area (Å²) in [7, 11) is 1.23. The minimum atomic E-state index is -3.09. The van der Waals surface area contributed by atoms with Crippen LogP contribution in [0.5, 0.6) is 0 Å². The lowest BCUT2D eigenvalue weighted by atomic mass is 10.0. The fourth-order valence-corrected chi connectivity index (χ4v) is 3.40. The predicted molar refractivity (Wildman–Crippen MR) is 133 cm³/mol. The number of Topliss-reactive ketones (excluding diaryl/α,β-unsaturated/α-hetero) is 1. The molecule has 5 N–H and O–H groups in total. The summed E-state index contributed by atoms with van der Waals surface area (Å²) in [6.07, 6.45) is -5.06. The minimum absolute atomic E-state index is 0.0146. The molecule has 222 valence electrons. The Bertz CT molecular complexity index is 1050. The summed E-state index contributed by atoms with van der Waals surface area (Å²) in [5.74, 6) is -7.54. The van der Waals surface area contributed by atoms with Crippen molar-refractivity contribution in [2.45, 2.75) is 70.7 Å². The minimum Gasteiger partial charge on any atom is -0.481 e. The number of carbonyl (C=O) groups is 6. The van der Waals surface area contributed by atoms with Crippen molar-refractivity contribution in [3.63, 3.8) is 0 Å². The van der Waals surface area contributed by atoms with Crippen LogP contribution in [-0.2, 0) is 40.2 Å². The molecule has 0 unspecified atom stereocenters. The third-order valence-electron chi connectivity index (χ3n) is 5.40. The van der Waals surface area contributed by atoms with E-state index in [0.29, 0.717) is 11.1 Å². The fraction of sp³-hybridized carbons (Fsp3) is 0.520. The predicted octanol–water partition coefficient (Wildman–Crippen LogP) is 1.05. The first-order valence-electron chi connectivity index (χ1n) is 12.2. The number of alkyl halides is 2. The summed E-state index contributed by atoms with van der Waals surface area (Å²) in [6.45, 7) is 3.29. The van der Waals surface area contributed by atoms with Crippen LogP contribution in [0.4, 0.5) is 8.78 Å². The van der Waals surface area contributed by atoms with E-state index in [-0.39, 0.29) is 25.4 Å². The molecular weight excluding hydrogens is 540 g/mol. The quantitative estimate of drug-likeness (QED) is 0.0956. The Labute approximate surface area is 228 Å². The second-order valence-corrected chi connectivity index (χ2v) is 9.13. The first-order chi connectivity index (χ1) is 18.7. The maximum absolute atomic E-state index is 13.0. The first kappa shape index (κ1) is 34.0. The van der Waals surface area contributed by atoms with E-state index in [1.54, 1.807) is 26.0 Å². The molecule has 0 heterocycles. The zero-order valence-electron chi connectivity index (χ0n) is 22.1. The Kier molecular flexibility index (Phi) is 14.4. The van der Waals surface area contributed by atoms with Crippen LogP contribution in [0.2, 0.25) is 0 Å². The van der Waals surface area contributed by atoms with Gasteiger partial charge in [-0.05, 0) is 36.5 Å². The van der Waals surface area contributed by atoms with E-state index in [2.05, 4.69) is 15.5 Å². The van der Waals surface area contributed by atoms with Gasteiger partial charge in [0, 0.05) is 12.8 Å². The topological polar surface area (TPSA) is 197 Å². The number of amides is 2. The van der Waals surface area contributed by atoms with Gasteiger partial charge >= 0.3 is 17.9 Å². The summed E-state index contributed by atoms with van der Waals surface area (Å²) in [4.78, 5) is 76.6. The highest BCUT2D eigenvalue weighted by Crippen LogP contribution is 2.11. The summed E-state index contributed by atoms with van der Waals surface area (Å²) >= 11 is 0. The van der Waals surface area contributed by atoms with E-state index in [1.807, 2.05) is 5.32 Å². The molecule has 1 rings (SSSR count). The average Bonchev–Trinajstić information content (AvgIpc) is 2.88. The number of aliphatic carboxylic acids is 2. The van der Waals surface area contributed by atoms with Crippen molar-refractivity contribution in [2.75, 3.05) is 7.11 Å². The van der Waals surface area contributed by atoms with E-state index >= 15 is 0 Å². The maximum Gasteiger partial charge on any atom is 0.374 e. The molecule has 0 aliphatic carbocycles. The van der Waals surface area contributed by atoms with E-state index in [4.69, 9.17) is 15.1 Å². The summed E-state index contributed by atoms with van der Waals surface area (Å²) < 4.78 is 30.4. The largest absolute Gasteiger partial charge is 0.481 e. The highest BCUT2D eigenvalue weighted by Gasteiger charge is 2.33. The van der Waals surface area contributed by atoms with Crippen LogP contribution in [-0.4, -0.2) is 77.4 Å². The first-order valence-corrected chi connectivity index (χ1v) is 12.2. The third kappa shape index (κ3) is 12.3. The van der Waals surface area contributed by atoms with Gasteiger partial charge in [-0.1, -0.05) is 26.0 Å². The standard InChI is InChI=1S/C25H33F2N3O10/c1-13(2)10-18(23(35)28-17(11-19(26)27)21(33)24(36)37)29-22(34)16(8-9-20(31)32)30-40-12-14-4-6-15(7-5-14)25(38)39-3/h4-7,13,16-19,30H,8-12H2,1-3H3,(H,28,35)(H,29,34)(H,31,32)(H,36,37)/t16-,17-,18-/m0/s1. The molecule has 0 fully saturated rings. The number of carbonyl (C=O) groups excluding carboxylic acids is 4. The normalized spacial score (nSPS) is 13.3. The molecular formula is C25H33F2N3O10. The van der Waals surface area contributed by atoms with E-state index < -0.39 is 72.9 Å². The molecule has 2 amide bonds. The molecule has 15 heteroatoms. The van der Waals surface area contributed by atoms with Gasteiger partial charge < -0.3 is 25.6 Å². The Balaban J connectivity index is 2.97. The van der Waals surface area contributed by atoms with Crippen molar-refractivity contribution in [3.8, 4) is 0 Å². The zero-order valence-corrected chi connectivity index (χ0v) is 22.1. The highest BCUT2D eigenvalue weighted by molar-refractivity contribution is 6.35. The molecule has 0 spiro atoms. The smallest absolute Gasteiger partial charge is 0.374 e. The van der Waals surface area contributed by atoms with E-state index in [9.17, 15) is 37.5 Å². The molecule has 0 saturated carbocycles. The number of hydrogen-bond donors (Lipinski definition) is 5. The monoisotopic (exact) mass is 573 g/mol. The van der Waals surface area contributed by atoms with E-state index in [0.717, 1.165) is 0 Å². The number of hydrogen-bond acceptors (Lipinski definition) is 9. The molecule has 40 heavy (non-hydrogen) atoms. The van der Waals surface area contributed by atoms with Gasteiger partial charge in [0.15, 0.2) is 0 Å². The summed E-state index contributed by atoms with van der Waals surface area (Å²) in [5.41, 5.74) is 3.33. The number of ketones is 1. The lowest BCUT2D eigenvalue weighted by Gasteiger charge is -2.25. The van der Waals surface area contributed by atoms with Crippen LogP contribution in [0.25, 0.3) is 0 Å². The van der Waals surface area contributed by atoms with Gasteiger partial charge in [-0.15, -0.1) is 0 Å². The number of ether oxygens (including phenoxy) is 1. The number of hydroxylamine groups is 1. The van der Waals surface area contributed by atoms with Crippen molar-refractivity contribution < 1.29 is 57.3 Å². The van der Waals surface area contributed by atoms with Crippen molar-refractivity contribution in [3.05, 3.63) is 35.4 Å². The Hall–Kier alpha value is -3.98. The van der Waals surface area contributed by atoms with Crippen molar-refractivity contribution in [1.82, 2.24) is 16.1 Å². The highest BCUT2D eigenvalue weighted by atomic mass is 19.3. The number of esters is 1. The number of carboxylic acids is 2. The van der Waals surface area contributed by atoms with Crippen molar-refractivity contribution in [1.29, 1.82) is 0 Å². The molecule has 0 aliphatic heterocycles. The molecule has 0 aromatic heterocycles. The average molecular weight is 574 g/mol. The second-order valence-electron chi connectivity index (χ2n) is 9.13.